The van der Waals surface area contributed by atoms with Gasteiger partial charge in [0.25, 0.3) is 0 Å². The van der Waals surface area contributed by atoms with Crippen LogP contribution in [-0.4, -0.2) is 6.54 Å². The fraction of sp³-hybridized carbons (Fsp3) is 0.400. The molecule has 0 spiro atoms. The number of rotatable bonds is 4. The summed E-state index contributed by atoms with van der Waals surface area (Å²) < 4.78 is 0.897. The summed E-state index contributed by atoms with van der Waals surface area (Å²) in [4.78, 5) is 0. The molecule has 1 rings (SSSR count). The summed E-state index contributed by atoms with van der Waals surface area (Å²) in [5, 5.41) is 4.53. The number of hydrogen-bond donors (Lipinski definition) is 1. The summed E-state index contributed by atoms with van der Waals surface area (Å²) in [5.41, 5.74) is 0.824. The molecule has 0 bridgehead atoms. The average Bonchev–Trinajstić information content (AvgIpc) is 2.09. The Hall–Kier alpha value is 0.0800. The molecular formula is C10H12BrCl2N. The van der Waals surface area contributed by atoms with Crippen molar-refractivity contribution in [2.45, 2.75) is 19.8 Å². The van der Waals surface area contributed by atoms with Crippen LogP contribution < -0.4 is 5.32 Å². The number of anilines is 1. The molecule has 0 saturated heterocycles. The van der Waals surface area contributed by atoms with Gasteiger partial charge in [0, 0.05) is 11.0 Å². The van der Waals surface area contributed by atoms with Gasteiger partial charge in [0.2, 0.25) is 0 Å². The van der Waals surface area contributed by atoms with E-state index < -0.39 is 0 Å². The first-order chi connectivity index (χ1) is 6.65. The molecule has 0 heterocycles. The molecule has 0 atom stereocenters. The van der Waals surface area contributed by atoms with Crippen LogP contribution in [0.5, 0.6) is 0 Å². The van der Waals surface area contributed by atoms with Crippen molar-refractivity contribution in [3.63, 3.8) is 0 Å². The minimum atomic E-state index is 0.653. The van der Waals surface area contributed by atoms with Crippen LogP contribution in [0.1, 0.15) is 19.8 Å². The maximum atomic E-state index is 6.04. The Morgan fingerprint density at radius 1 is 1.29 bits per heavy atom. The van der Waals surface area contributed by atoms with E-state index in [2.05, 4.69) is 28.2 Å². The van der Waals surface area contributed by atoms with Crippen molar-refractivity contribution in [1.82, 2.24) is 0 Å². The molecule has 0 radical (unpaired) electrons. The third kappa shape index (κ3) is 3.34. The Labute approximate surface area is 103 Å². The van der Waals surface area contributed by atoms with Crippen molar-refractivity contribution < 1.29 is 0 Å². The summed E-state index contributed by atoms with van der Waals surface area (Å²) in [6.45, 7) is 3.05. The van der Waals surface area contributed by atoms with Crippen molar-refractivity contribution in [1.29, 1.82) is 0 Å². The van der Waals surface area contributed by atoms with Crippen LogP contribution >= 0.6 is 39.1 Å². The van der Waals surface area contributed by atoms with Gasteiger partial charge in [0.05, 0.1) is 15.7 Å². The number of benzene rings is 1. The quantitative estimate of drug-likeness (QED) is 0.774. The maximum absolute atomic E-state index is 6.04. The highest BCUT2D eigenvalue weighted by Gasteiger charge is 2.06. The van der Waals surface area contributed by atoms with E-state index in [1.807, 2.05) is 12.1 Å². The summed E-state index contributed by atoms with van der Waals surface area (Å²) >= 11 is 15.4. The van der Waals surface area contributed by atoms with Crippen LogP contribution in [0.2, 0.25) is 10.0 Å². The zero-order valence-electron chi connectivity index (χ0n) is 7.91. The van der Waals surface area contributed by atoms with Gasteiger partial charge in [-0.3, -0.25) is 0 Å². The van der Waals surface area contributed by atoms with E-state index in [1.54, 1.807) is 0 Å². The SMILES string of the molecule is CCCCNc1c(Cl)cc(Br)cc1Cl. The van der Waals surface area contributed by atoms with Crippen molar-refractivity contribution in [3.8, 4) is 0 Å². The van der Waals surface area contributed by atoms with Crippen molar-refractivity contribution in [3.05, 3.63) is 26.7 Å². The first kappa shape index (κ1) is 12.2. The second-order valence-corrected chi connectivity index (χ2v) is 4.75. The smallest absolute Gasteiger partial charge is 0.0719 e. The summed E-state index contributed by atoms with van der Waals surface area (Å²) in [6, 6.07) is 3.67. The monoisotopic (exact) mass is 295 g/mol. The second-order valence-electron chi connectivity index (χ2n) is 3.02. The van der Waals surface area contributed by atoms with E-state index >= 15 is 0 Å². The molecule has 1 aromatic rings. The Morgan fingerprint density at radius 2 is 1.86 bits per heavy atom. The second kappa shape index (κ2) is 5.84. The Bertz CT molecular complexity index is 292. The van der Waals surface area contributed by atoms with Gasteiger partial charge in [-0.2, -0.15) is 0 Å². The lowest BCUT2D eigenvalue weighted by atomic mass is 10.3. The number of hydrogen-bond acceptors (Lipinski definition) is 1. The molecule has 78 valence electrons. The van der Waals surface area contributed by atoms with Gasteiger partial charge in [-0.1, -0.05) is 52.5 Å². The van der Waals surface area contributed by atoms with Crippen LogP contribution in [0, 0.1) is 0 Å². The first-order valence-corrected chi connectivity index (χ1v) is 6.08. The molecule has 14 heavy (non-hydrogen) atoms. The standard InChI is InChI=1S/C10H12BrCl2N/c1-2-3-4-14-10-8(12)5-7(11)6-9(10)13/h5-6,14H,2-4H2,1H3. The minimum absolute atomic E-state index is 0.653. The van der Waals surface area contributed by atoms with Gasteiger partial charge in [-0.15, -0.1) is 0 Å². The lowest BCUT2D eigenvalue weighted by Crippen LogP contribution is -2.01. The zero-order chi connectivity index (χ0) is 10.6. The van der Waals surface area contributed by atoms with Crippen LogP contribution in [0.3, 0.4) is 0 Å². The van der Waals surface area contributed by atoms with Gasteiger partial charge in [0.15, 0.2) is 0 Å². The fourth-order valence-corrected chi connectivity index (χ4v) is 2.44. The van der Waals surface area contributed by atoms with Crippen molar-refractivity contribution in [2.75, 3.05) is 11.9 Å². The molecule has 0 unspecified atom stereocenters. The molecule has 4 heteroatoms. The van der Waals surface area contributed by atoms with Gasteiger partial charge in [-0.25, -0.2) is 0 Å². The molecule has 0 saturated carbocycles. The topological polar surface area (TPSA) is 12.0 Å². The fourth-order valence-electron chi connectivity index (χ4n) is 1.10. The first-order valence-electron chi connectivity index (χ1n) is 4.53. The minimum Gasteiger partial charge on any atom is -0.383 e. The number of halogens is 3. The average molecular weight is 297 g/mol. The van der Waals surface area contributed by atoms with Crippen molar-refractivity contribution in [2.24, 2.45) is 0 Å². The molecule has 1 nitrogen and oxygen atoms in total. The maximum Gasteiger partial charge on any atom is 0.0719 e. The van der Waals surface area contributed by atoms with Gasteiger partial charge >= 0.3 is 0 Å². The van der Waals surface area contributed by atoms with Crippen molar-refractivity contribution >= 4 is 44.8 Å². The molecule has 1 N–H and O–H groups in total. The van der Waals surface area contributed by atoms with Gasteiger partial charge in [0.1, 0.15) is 0 Å². The molecular weight excluding hydrogens is 285 g/mol. The lowest BCUT2D eigenvalue weighted by molar-refractivity contribution is 0.834. The summed E-state index contributed by atoms with van der Waals surface area (Å²) in [7, 11) is 0. The van der Waals surface area contributed by atoms with E-state index in [1.165, 1.54) is 0 Å². The lowest BCUT2D eigenvalue weighted by Gasteiger charge is -2.10. The molecule has 0 aromatic heterocycles. The predicted octanol–water partition coefficient (Wildman–Crippen LogP) is 4.97. The third-order valence-electron chi connectivity index (χ3n) is 1.84. The zero-order valence-corrected chi connectivity index (χ0v) is 11.0. The number of unbranched alkanes of at least 4 members (excludes halogenated alkanes) is 1. The third-order valence-corrected chi connectivity index (χ3v) is 2.89. The van der Waals surface area contributed by atoms with E-state index in [-0.39, 0.29) is 0 Å². The van der Waals surface area contributed by atoms with Gasteiger partial charge in [-0.05, 0) is 18.6 Å². The molecule has 1 aromatic carbocycles. The summed E-state index contributed by atoms with van der Waals surface area (Å²) in [5.74, 6) is 0. The molecule has 0 aliphatic carbocycles. The number of nitrogens with one attached hydrogen (secondary N) is 1. The normalized spacial score (nSPS) is 10.3. The van der Waals surface area contributed by atoms with Crippen LogP contribution in [0.25, 0.3) is 0 Å². The Morgan fingerprint density at radius 3 is 2.36 bits per heavy atom. The molecule has 0 fully saturated rings. The van der Waals surface area contributed by atoms with Crippen LogP contribution in [0.15, 0.2) is 16.6 Å². The Balaban J connectivity index is 2.75. The largest absolute Gasteiger partial charge is 0.383 e. The highest BCUT2D eigenvalue weighted by molar-refractivity contribution is 9.10. The van der Waals surface area contributed by atoms with E-state index in [0.29, 0.717) is 10.0 Å². The molecule has 0 aliphatic heterocycles. The summed E-state index contributed by atoms with van der Waals surface area (Å²) in [6.07, 6.45) is 2.27. The highest BCUT2D eigenvalue weighted by Crippen LogP contribution is 2.33. The van der Waals surface area contributed by atoms with E-state index in [0.717, 1.165) is 29.5 Å². The highest BCUT2D eigenvalue weighted by atomic mass is 79.9. The molecule has 0 amide bonds. The van der Waals surface area contributed by atoms with E-state index in [9.17, 15) is 0 Å². The Kier molecular flexibility index (Phi) is 5.07. The van der Waals surface area contributed by atoms with Crippen LogP contribution in [-0.2, 0) is 0 Å². The van der Waals surface area contributed by atoms with E-state index in [4.69, 9.17) is 23.2 Å². The van der Waals surface area contributed by atoms with Gasteiger partial charge < -0.3 is 5.32 Å². The molecule has 0 aliphatic rings. The predicted molar refractivity (Wildman–Crippen MR) is 67.6 cm³/mol. The van der Waals surface area contributed by atoms with Crippen LogP contribution in [0.4, 0.5) is 5.69 Å².